The second-order valence-electron chi connectivity index (χ2n) is 7.20. The van der Waals surface area contributed by atoms with Gasteiger partial charge in [0, 0.05) is 12.1 Å². The molecule has 4 heteroatoms. The minimum absolute atomic E-state index is 0.658. The lowest BCUT2D eigenvalue weighted by Gasteiger charge is -2.10. The molecule has 1 heterocycles. The first kappa shape index (κ1) is 19.8. The highest BCUT2D eigenvalue weighted by atomic mass is 16.5. The summed E-state index contributed by atoms with van der Waals surface area (Å²) in [5, 5.41) is 0. The first-order valence-corrected chi connectivity index (χ1v) is 10.2. The number of para-hydroxylation sites is 3. The summed E-state index contributed by atoms with van der Waals surface area (Å²) in [4.78, 5) is 4.83. The minimum Gasteiger partial charge on any atom is -0.496 e. The zero-order valence-electron chi connectivity index (χ0n) is 17.4. The van der Waals surface area contributed by atoms with Crippen LogP contribution < -0.4 is 9.47 Å². The van der Waals surface area contributed by atoms with Crippen LogP contribution in [0.5, 0.6) is 11.5 Å². The van der Waals surface area contributed by atoms with Crippen LogP contribution in [0, 0.1) is 6.92 Å². The van der Waals surface area contributed by atoms with Gasteiger partial charge in [-0.1, -0.05) is 42.5 Å². The van der Waals surface area contributed by atoms with Crippen molar-refractivity contribution >= 4 is 23.2 Å². The fourth-order valence-electron chi connectivity index (χ4n) is 3.54. The van der Waals surface area contributed by atoms with Gasteiger partial charge in [-0.05, 0) is 61.4 Å². The van der Waals surface area contributed by atoms with E-state index in [1.165, 1.54) is 5.56 Å². The van der Waals surface area contributed by atoms with Crippen LogP contribution in [0.15, 0.2) is 72.8 Å². The third-order valence-electron chi connectivity index (χ3n) is 5.02. The number of hydrogen-bond donors (Lipinski definition) is 0. The maximum atomic E-state index is 5.93. The third-order valence-corrected chi connectivity index (χ3v) is 5.02. The molecule has 4 rings (SSSR count). The molecule has 0 aliphatic heterocycles. The predicted molar refractivity (Wildman–Crippen MR) is 123 cm³/mol. The number of fused-ring (bicyclic) bond motifs is 1. The zero-order valence-corrected chi connectivity index (χ0v) is 17.4. The van der Waals surface area contributed by atoms with Gasteiger partial charge in [-0.3, -0.25) is 0 Å². The van der Waals surface area contributed by atoms with Crippen molar-refractivity contribution < 1.29 is 9.47 Å². The van der Waals surface area contributed by atoms with Gasteiger partial charge in [0.05, 0.1) is 24.8 Å². The standard InChI is InChI=1S/C26H26N2O2/c1-20-9-7-11-22(19-20)30-18-8-17-28-24-13-5-4-12-23(24)27-26(28)16-15-21-10-3-6-14-25(21)29-2/h3-7,9-16,19H,8,17-18H2,1-2H3/b16-15+. The Labute approximate surface area is 177 Å². The molecule has 0 spiro atoms. The molecule has 0 atom stereocenters. The molecule has 0 bridgehead atoms. The van der Waals surface area contributed by atoms with Gasteiger partial charge in [0.25, 0.3) is 0 Å². The van der Waals surface area contributed by atoms with E-state index in [4.69, 9.17) is 14.5 Å². The number of imidazole rings is 1. The SMILES string of the molecule is COc1ccccc1/C=C/c1nc2ccccc2n1CCCOc1cccc(C)c1. The maximum absolute atomic E-state index is 5.93. The Hall–Kier alpha value is -3.53. The summed E-state index contributed by atoms with van der Waals surface area (Å²) < 4.78 is 13.6. The van der Waals surface area contributed by atoms with Crippen molar-refractivity contribution in [2.24, 2.45) is 0 Å². The van der Waals surface area contributed by atoms with Crippen LogP contribution in [-0.4, -0.2) is 23.3 Å². The molecule has 152 valence electrons. The molecular formula is C26H26N2O2. The molecule has 3 aromatic carbocycles. The van der Waals surface area contributed by atoms with Crippen molar-refractivity contribution in [1.82, 2.24) is 9.55 Å². The Kier molecular flexibility index (Phi) is 6.14. The largest absolute Gasteiger partial charge is 0.496 e. The van der Waals surface area contributed by atoms with Gasteiger partial charge in [0.15, 0.2) is 0 Å². The van der Waals surface area contributed by atoms with Crippen molar-refractivity contribution in [1.29, 1.82) is 0 Å². The number of benzene rings is 3. The molecule has 4 nitrogen and oxygen atoms in total. The molecule has 0 radical (unpaired) electrons. The molecule has 0 N–H and O–H groups in total. The van der Waals surface area contributed by atoms with Gasteiger partial charge in [-0.2, -0.15) is 0 Å². The Bertz CT molecular complexity index is 1160. The van der Waals surface area contributed by atoms with Gasteiger partial charge >= 0.3 is 0 Å². The normalized spacial score (nSPS) is 11.3. The van der Waals surface area contributed by atoms with Crippen molar-refractivity contribution in [2.45, 2.75) is 19.9 Å². The van der Waals surface area contributed by atoms with Gasteiger partial charge in [-0.15, -0.1) is 0 Å². The van der Waals surface area contributed by atoms with Gasteiger partial charge in [-0.25, -0.2) is 4.98 Å². The van der Waals surface area contributed by atoms with Crippen LogP contribution in [0.3, 0.4) is 0 Å². The van der Waals surface area contributed by atoms with Gasteiger partial charge in [0.2, 0.25) is 0 Å². The fourth-order valence-corrected chi connectivity index (χ4v) is 3.54. The number of nitrogens with zero attached hydrogens (tertiary/aromatic N) is 2. The maximum Gasteiger partial charge on any atom is 0.133 e. The van der Waals surface area contributed by atoms with E-state index in [1.54, 1.807) is 7.11 Å². The van der Waals surface area contributed by atoms with Crippen LogP contribution in [0.1, 0.15) is 23.4 Å². The van der Waals surface area contributed by atoms with E-state index in [2.05, 4.69) is 54.0 Å². The van der Waals surface area contributed by atoms with Crippen molar-refractivity contribution in [2.75, 3.05) is 13.7 Å². The van der Waals surface area contributed by atoms with Crippen LogP contribution in [0.4, 0.5) is 0 Å². The van der Waals surface area contributed by atoms with Crippen LogP contribution in [0.25, 0.3) is 23.2 Å². The van der Waals surface area contributed by atoms with E-state index < -0.39 is 0 Å². The first-order valence-electron chi connectivity index (χ1n) is 10.2. The molecule has 0 aliphatic carbocycles. The highest BCUT2D eigenvalue weighted by Crippen LogP contribution is 2.22. The lowest BCUT2D eigenvalue weighted by molar-refractivity contribution is 0.302. The van der Waals surface area contributed by atoms with E-state index in [0.29, 0.717) is 6.61 Å². The topological polar surface area (TPSA) is 36.3 Å². The minimum atomic E-state index is 0.658. The molecule has 4 aromatic rings. The third kappa shape index (κ3) is 4.54. The zero-order chi connectivity index (χ0) is 20.8. The molecule has 0 fully saturated rings. The van der Waals surface area contributed by atoms with Crippen molar-refractivity contribution in [3.05, 3.63) is 89.7 Å². The number of hydrogen-bond acceptors (Lipinski definition) is 3. The Balaban J connectivity index is 1.52. The molecule has 0 saturated carbocycles. The predicted octanol–water partition coefficient (Wildman–Crippen LogP) is 5.99. The lowest BCUT2D eigenvalue weighted by Crippen LogP contribution is -2.06. The number of aromatic nitrogens is 2. The van der Waals surface area contributed by atoms with Crippen LogP contribution >= 0.6 is 0 Å². The van der Waals surface area contributed by atoms with E-state index >= 15 is 0 Å². The summed E-state index contributed by atoms with van der Waals surface area (Å²) in [6.07, 6.45) is 5.00. The second kappa shape index (κ2) is 9.31. The monoisotopic (exact) mass is 398 g/mol. The molecule has 0 saturated heterocycles. The number of methoxy groups -OCH3 is 1. The van der Waals surface area contributed by atoms with Crippen LogP contribution in [0.2, 0.25) is 0 Å². The highest BCUT2D eigenvalue weighted by molar-refractivity contribution is 5.80. The quantitative estimate of drug-likeness (QED) is 0.342. The van der Waals surface area contributed by atoms with Gasteiger partial charge in [0.1, 0.15) is 17.3 Å². The average Bonchev–Trinajstić information content (AvgIpc) is 3.13. The molecular weight excluding hydrogens is 372 g/mol. The summed E-state index contributed by atoms with van der Waals surface area (Å²) in [7, 11) is 1.69. The van der Waals surface area contributed by atoms with E-state index in [9.17, 15) is 0 Å². The number of aryl methyl sites for hydroxylation is 2. The smallest absolute Gasteiger partial charge is 0.133 e. The molecule has 0 amide bonds. The van der Waals surface area contributed by atoms with Crippen LogP contribution in [-0.2, 0) is 6.54 Å². The Morgan fingerprint density at radius 2 is 1.77 bits per heavy atom. The first-order chi connectivity index (χ1) is 14.7. The summed E-state index contributed by atoms with van der Waals surface area (Å²) in [5.41, 5.74) is 4.36. The fraction of sp³-hybridized carbons (Fsp3) is 0.192. The van der Waals surface area contributed by atoms with Gasteiger partial charge < -0.3 is 14.0 Å². The van der Waals surface area contributed by atoms with E-state index in [1.807, 2.05) is 42.5 Å². The van der Waals surface area contributed by atoms with E-state index in [-0.39, 0.29) is 0 Å². The summed E-state index contributed by atoms with van der Waals surface area (Å²) in [6, 6.07) is 24.4. The summed E-state index contributed by atoms with van der Waals surface area (Å²) in [6.45, 7) is 3.56. The van der Waals surface area contributed by atoms with Crippen molar-refractivity contribution in [3.8, 4) is 11.5 Å². The number of rotatable bonds is 8. The number of ether oxygens (including phenoxy) is 2. The lowest BCUT2D eigenvalue weighted by atomic mass is 10.2. The van der Waals surface area contributed by atoms with E-state index in [0.717, 1.165) is 46.9 Å². The average molecular weight is 399 g/mol. The molecule has 30 heavy (non-hydrogen) atoms. The molecule has 0 unspecified atom stereocenters. The molecule has 0 aliphatic rings. The summed E-state index contributed by atoms with van der Waals surface area (Å²) in [5.74, 6) is 2.70. The second-order valence-corrected chi connectivity index (χ2v) is 7.20. The Morgan fingerprint density at radius 3 is 2.63 bits per heavy atom. The molecule has 1 aromatic heterocycles. The highest BCUT2D eigenvalue weighted by Gasteiger charge is 2.08. The Morgan fingerprint density at radius 1 is 0.933 bits per heavy atom. The van der Waals surface area contributed by atoms with Crippen molar-refractivity contribution in [3.63, 3.8) is 0 Å². The summed E-state index contributed by atoms with van der Waals surface area (Å²) >= 11 is 0.